The van der Waals surface area contributed by atoms with Gasteiger partial charge in [0.1, 0.15) is 5.76 Å². The molecule has 0 saturated heterocycles. The Hall–Kier alpha value is -3.54. The van der Waals surface area contributed by atoms with Crippen molar-refractivity contribution in [1.82, 2.24) is 4.90 Å². The van der Waals surface area contributed by atoms with Gasteiger partial charge in [-0.05, 0) is 55.3 Å². The number of hydrogen-bond donors (Lipinski definition) is 1. The van der Waals surface area contributed by atoms with Crippen molar-refractivity contribution in [3.05, 3.63) is 89.9 Å². The lowest BCUT2D eigenvalue weighted by Crippen LogP contribution is -2.36. The van der Waals surface area contributed by atoms with Crippen molar-refractivity contribution in [1.29, 1.82) is 0 Å². The van der Waals surface area contributed by atoms with Crippen molar-refractivity contribution in [2.45, 2.75) is 19.9 Å². The Balaban J connectivity index is 1.66. The third-order valence-corrected chi connectivity index (χ3v) is 4.37. The van der Waals surface area contributed by atoms with Gasteiger partial charge < -0.3 is 19.4 Å². The van der Waals surface area contributed by atoms with Gasteiger partial charge in [-0.2, -0.15) is 0 Å². The van der Waals surface area contributed by atoms with Crippen LogP contribution in [0.15, 0.2) is 77.4 Å². The zero-order chi connectivity index (χ0) is 20.5. The van der Waals surface area contributed by atoms with Crippen LogP contribution in [0.25, 0.3) is 0 Å². The number of amides is 2. The molecule has 0 atom stereocenters. The second kappa shape index (κ2) is 10.1. The lowest BCUT2D eigenvalue weighted by molar-refractivity contribution is 0.0526. The van der Waals surface area contributed by atoms with Crippen molar-refractivity contribution in [3.8, 4) is 0 Å². The molecule has 0 fully saturated rings. The van der Waals surface area contributed by atoms with Gasteiger partial charge in [0.2, 0.25) is 0 Å². The molecule has 2 amide bonds. The van der Waals surface area contributed by atoms with E-state index in [1.165, 1.54) is 0 Å². The van der Waals surface area contributed by atoms with Crippen LogP contribution in [-0.4, -0.2) is 30.1 Å². The summed E-state index contributed by atoms with van der Waals surface area (Å²) in [6, 6.07) is 20.1. The Morgan fingerprint density at radius 3 is 2.41 bits per heavy atom. The number of furan rings is 1. The van der Waals surface area contributed by atoms with Crippen molar-refractivity contribution in [2.24, 2.45) is 0 Å². The predicted molar refractivity (Wildman–Crippen MR) is 111 cm³/mol. The summed E-state index contributed by atoms with van der Waals surface area (Å²) in [6.45, 7) is 2.99. The standard InChI is InChI=1S/C23H24N2O4/c1-2-28-22(26)19-10-12-20(13-11-19)24-23(27)25(17-21-9-6-16-29-21)15-14-18-7-4-3-5-8-18/h3-13,16H,2,14-15,17H2,1H3,(H,24,27). The smallest absolute Gasteiger partial charge is 0.338 e. The number of nitrogens with zero attached hydrogens (tertiary/aromatic N) is 1. The quantitative estimate of drug-likeness (QED) is 0.563. The van der Waals surface area contributed by atoms with Crippen LogP contribution < -0.4 is 5.32 Å². The zero-order valence-electron chi connectivity index (χ0n) is 16.3. The molecule has 0 bridgehead atoms. The highest BCUT2D eigenvalue weighted by molar-refractivity contribution is 5.92. The molecule has 0 unspecified atom stereocenters. The first kappa shape index (κ1) is 20.2. The van der Waals surface area contributed by atoms with Gasteiger partial charge in [-0.25, -0.2) is 9.59 Å². The largest absolute Gasteiger partial charge is 0.467 e. The zero-order valence-corrected chi connectivity index (χ0v) is 16.3. The molecule has 1 heterocycles. The van der Waals surface area contributed by atoms with Gasteiger partial charge in [0.15, 0.2) is 0 Å². The van der Waals surface area contributed by atoms with E-state index in [9.17, 15) is 9.59 Å². The molecule has 6 nitrogen and oxygen atoms in total. The lowest BCUT2D eigenvalue weighted by atomic mass is 10.1. The number of ether oxygens (including phenoxy) is 1. The second-order valence-electron chi connectivity index (χ2n) is 6.46. The van der Waals surface area contributed by atoms with Gasteiger partial charge in [-0.3, -0.25) is 0 Å². The van der Waals surface area contributed by atoms with Crippen LogP contribution in [-0.2, 0) is 17.7 Å². The van der Waals surface area contributed by atoms with E-state index in [0.29, 0.717) is 36.7 Å². The molecule has 1 aromatic heterocycles. The van der Waals surface area contributed by atoms with Gasteiger partial charge in [-0.15, -0.1) is 0 Å². The molecular weight excluding hydrogens is 368 g/mol. The molecule has 3 rings (SSSR count). The van der Waals surface area contributed by atoms with Crippen LogP contribution in [0.5, 0.6) is 0 Å². The fraction of sp³-hybridized carbons (Fsp3) is 0.217. The average Bonchev–Trinajstić information content (AvgIpc) is 3.25. The van der Waals surface area contributed by atoms with Crippen LogP contribution in [0.2, 0.25) is 0 Å². The molecule has 3 aromatic rings. The Morgan fingerprint density at radius 2 is 1.76 bits per heavy atom. The number of rotatable bonds is 8. The molecule has 6 heteroatoms. The van der Waals surface area contributed by atoms with Crippen molar-refractivity contribution in [3.63, 3.8) is 0 Å². The molecule has 0 radical (unpaired) electrons. The van der Waals surface area contributed by atoms with E-state index in [-0.39, 0.29) is 12.0 Å². The fourth-order valence-electron chi connectivity index (χ4n) is 2.86. The number of anilines is 1. The lowest BCUT2D eigenvalue weighted by Gasteiger charge is -2.22. The molecule has 150 valence electrons. The number of carbonyl (C=O) groups is 2. The summed E-state index contributed by atoms with van der Waals surface area (Å²) < 4.78 is 10.4. The maximum Gasteiger partial charge on any atom is 0.338 e. The van der Waals surface area contributed by atoms with Gasteiger partial charge in [-0.1, -0.05) is 30.3 Å². The summed E-state index contributed by atoms with van der Waals surface area (Å²) in [5, 5.41) is 2.88. The van der Waals surface area contributed by atoms with E-state index in [1.54, 1.807) is 48.4 Å². The molecule has 29 heavy (non-hydrogen) atoms. The van der Waals surface area contributed by atoms with E-state index < -0.39 is 0 Å². The van der Waals surface area contributed by atoms with Gasteiger partial charge in [0.05, 0.1) is 25.0 Å². The van der Waals surface area contributed by atoms with Crippen LogP contribution in [0.1, 0.15) is 28.6 Å². The maximum atomic E-state index is 12.9. The summed E-state index contributed by atoms with van der Waals surface area (Å²) >= 11 is 0. The number of carbonyl (C=O) groups excluding carboxylic acids is 2. The Morgan fingerprint density at radius 1 is 1.00 bits per heavy atom. The van der Waals surface area contributed by atoms with Crippen LogP contribution in [0.4, 0.5) is 10.5 Å². The Bertz CT molecular complexity index is 906. The van der Waals surface area contributed by atoms with Crippen molar-refractivity contribution in [2.75, 3.05) is 18.5 Å². The topological polar surface area (TPSA) is 71.8 Å². The van der Waals surface area contributed by atoms with Crippen LogP contribution in [0.3, 0.4) is 0 Å². The van der Waals surface area contributed by atoms with Crippen molar-refractivity contribution >= 4 is 17.7 Å². The number of hydrogen-bond acceptors (Lipinski definition) is 4. The van der Waals surface area contributed by atoms with Gasteiger partial charge in [0.25, 0.3) is 0 Å². The molecule has 0 aliphatic carbocycles. The molecule has 2 aromatic carbocycles. The third-order valence-electron chi connectivity index (χ3n) is 4.37. The first-order valence-electron chi connectivity index (χ1n) is 9.55. The van der Waals surface area contributed by atoms with E-state index in [2.05, 4.69) is 5.32 Å². The third kappa shape index (κ3) is 5.97. The van der Waals surface area contributed by atoms with Gasteiger partial charge in [0, 0.05) is 12.2 Å². The normalized spacial score (nSPS) is 10.4. The number of benzene rings is 2. The summed E-state index contributed by atoms with van der Waals surface area (Å²) in [5.41, 5.74) is 2.21. The first-order valence-corrected chi connectivity index (χ1v) is 9.55. The minimum Gasteiger partial charge on any atom is -0.467 e. The molecule has 1 N–H and O–H groups in total. The molecule has 0 saturated carbocycles. The second-order valence-corrected chi connectivity index (χ2v) is 6.46. The Kier molecular flexibility index (Phi) is 7.05. The highest BCUT2D eigenvalue weighted by Gasteiger charge is 2.16. The highest BCUT2D eigenvalue weighted by Crippen LogP contribution is 2.14. The summed E-state index contributed by atoms with van der Waals surface area (Å²) in [6.07, 6.45) is 2.33. The predicted octanol–water partition coefficient (Wildman–Crippen LogP) is 4.73. The minimum absolute atomic E-state index is 0.235. The molecular formula is C23H24N2O4. The average molecular weight is 392 g/mol. The van der Waals surface area contributed by atoms with E-state index >= 15 is 0 Å². The van der Waals surface area contributed by atoms with E-state index in [4.69, 9.17) is 9.15 Å². The number of urea groups is 1. The van der Waals surface area contributed by atoms with Gasteiger partial charge >= 0.3 is 12.0 Å². The molecule has 0 spiro atoms. The summed E-state index contributed by atoms with van der Waals surface area (Å²) in [7, 11) is 0. The SMILES string of the molecule is CCOC(=O)c1ccc(NC(=O)N(CCc2ccccc2)Cc2ccco2)cc1. The maximum absolute atomic E-state index is 12.9. The monoisotopic (exact) mass is 392 g/mol. The summed E-state index contributed by atoms with van der Waals surface area (Å²) in [5.74, 6) is 0.332. The van der Waals surface area contributed by atoms with E-state index in [1.807, 2.05) is 36.4 Å². The Labute approximate surface area is 170 Å². The fourth-order valence-corrected chi connectivity index (χ4v) is 2.86. The molecule has 0 aliphatic rings. The first-order chi connectivity index (χ1) is 14.2. The number of esters is 1. The minimum atomic E-state index is -0.382. The van der Waals surface area contributed by atoms with E-state index in [0.717, 1.165) is 12.0 Å². The van der Waals surface area contributed by atoms with Crippen LogP contribution >= 0.6 is 0 Å². The number of nitrogens with one attached hydrogen (secondary N) is 1. The summed E-state index contributed by atoms with van der Waals surface area (Å²) in [4.78, 5) is 26.3. The van der Waals surface area contributed by atoms with Crippen molar-refractivity contribution < 1.29 is 18.7 Å². The van der Waals surface area contributed by atoms with Crippen LogP contribution in [0, 0.1) is 0 Å². The molecule has 0 aliphatic heterocycles. The highest BCUT2D eigenvalue weighted by atomic mass is 16.5.